The molecule has 0 heterocycles. The molecule has 2 heteroatoms. The van der Waals surface area contributed by atoms with Crippen molar-refractivity contribution < 1.29 is 0 Å². The van der Waals surface area contributed by atoms with E-state index in [0.29, 0.717) is 0 Å². The van der Waals surface area contributed by atoms with E-state index in [0.717, 1.165) is 23.7 Å². The molecule has 0 saturated heterocycles. The maximum absolute atomic E-state index is 4.17. The van der Waals surface area contributed by atoms with Crippen LogP contribution in [0, 0.1) is 0 Å². The monoisotopic (exact) mass is 152 g/mol. The molecule has 0 aliphatic heterocycles. The summed E-state index contributed by atoms with van der Waals surface area (Å²) in [6, 6.07) is 0. The molecule has 0 N–H and O–H groups in total. The van der Waals surface area contributed by atoms with Gasteiger partial charge in [0.2, 0.25) is 0 Å². The van der Waals surface area contributed by atoms with Crippen molar-refractivity contribution in [1.29, 1.82) is 0 Å². The molecule has 0 fully saturated rings. The average Bonchev–Trinajstić information content (AvgIpc) is 1.85. The first-order valence-corrected chi connectivity index (χ1v) is 3.81. The minimum atomic E-state index is 0.789. The number of amidine groups is 1. The highest BCUT2D eigenvalue weighted by Gasteiger charge is 1.88. The molecule has 0 aromatic rings. The van der Waals surface area contributed by atoms with Crippen LogP contribution in [-0.4, -0.2) is 11.5 Å². The number of hydrogen-bond acceptors (Lipinski definition) is 1. The standard InChI is InChI=1S/C9H16N2/c1-6-8(4)11-9(5)10-7(2)3/h4,6H2,1-3,5H3. The molecule has 2 nitrogen and oxygen atoms in total. The van der Waals surface area contributed by atoms with E-state index in [1.807, 2.05) is 27.7 Å². The first kappa shape index (κ1) is 10.1. The van der Waals surface area contributed by atoms with Crippen LogP contribution in [0.15, 0.2) is 22.3 Å². The van der Waals surface area contributed by atoms with E-state index in [1.165, 1.54) is 0 Å². The van der Waals surface area contributed by atoms with E-state index in [2.05, 4.69) is 16.6 Å². The second kappa shape index (κ2) is 4.83. The van der Waals surface area contributed by atoms with Crippen molar-refractivity contribution in [1.82, 2.24) is 0 Å². The first-order valence-electron chi connectivity index (χ1n) is 3.81. The van der Waals surface area contributed by atoms with Gasteiger partial charge in [-0.05, 0) is 27.2 Å². The van der Waals surface area contributed by atoms with Crippen molar-refractivity contribution in [2.75, 3.05) is 0 Å². The van der Waals surface area contributed by atoms with Crippen molar-refractivity contribution in [3.05, 3.63) is 12.3 Å². The normalized spacial score (nSPS) is 11.1. The summed E-state index contributed by atoms with van der Waals surface area (Å²) in [4.78, 5) is 8.34. The second-order valence-corrected chi connectivity index (χ2v) is 2.64. The Labute approximate surface area is 68.8 Å². The molecule has 0 amide bonds. The lowest BCUT2D eigenvalue weighted by Gasteiger charge is -1.95. The molecule has 0 radical (unpaired) electrons. The summed E-state index contributed by atoms with van der Waals surface area (Å²) in [6.45, 7) is 11.6. The zero-order valence-electron chi connectivity index (χ0n) is 7.81. The van der Waals surface area contributed by atoms with Crippen LogP contribution in [0.2, 0.25) is 0 Å². The third kappa shape index (κ3) is 5.52. The molecule has 0 aromatic carbocycles. The van der Waals surface area contributed by atoms with Crippen molar-refractivity contribution in [3.63, 3.8) is 0 Å². The number of rotatable bonds is 2. The highest BCUT2D eigenvalue weighted by molar-refractivity contribution is 5.94. The fourth-order valence-corrected chi connectivity index (χ4v) is 0.656. The second-order valence-electron chi connectivity index (χ2n) is 2.64. The highest BCUT2D eigenvalue weighted by Crippen LogP contribution is 1.99. The predicted octanol–water partition coefficient (Wildman–Crippen LogP) is 2.81. The summed E-state index contributed by atoms with van der Waals surface area (Å²) in [5.41, 5.74) is 1.91. The molecule has 0 unspecified atom stereocenters. The Morgan fingerprint density at radius 1 is 1.18 bits per heavy atom. The highest BCUT2D eigenvalue weighted by atomic mass is 14.9. The van der Waals surface area contributed by atoms with Crippen LogP contribution in [0.5, 0.6) is 0 Å². The number of hydrogen-bond donors (Lipinski definition) is 0. The fraction of sp³-hybridized carbons (Fsp3) is 0.556. The predicted molar refractivity (Wildman–Crippen MR) is 51.3 cm³/mol. The molecule has 0 aliphatic carbocycles. The molecule has 0 saturated carbocycles. The molecule has 62 valence electrons. The molecular formula is C9H16N2. The molecule has 0 aromatic heterocycles. The Hall–Kier alpha value is -0.920. The van der Waals surface area contributed by atoms with Crippen molar-refractivity contribution >= 4 is 11.5 Å². The summed E-state index contributed by atoms with van der Waals surface area (Å²) in [7, 11) is 0. The van der Waals surface area contributed by atoms with Crippen molar-refractivity contribution in [3.8, 4) is 0 Å². The summed E-state index contributed by atoms with van der Waals surface area (Å²) < 4.78 is 0. The van der Waals surface area contributed by atoms with Crippen LogP contribution in [-0.2, 0) is 0 Å². The Morgan fingerprint density at radius 2 is 1.73 bits per heavy atom. The molecule has 0 aliphatic rings. The minimum absolute atomic E-state index is 0.789. The van der Waals surface area contributed by atoms with E-state index in [1.54, 1.807) is 0 Å². The van der Waals surface area contributed by atoms with Gasteiger partial charge in [-0.1, -0.05) is 13.5 Å². The number of aliphatic imine (C=N–C) groups is 2. The quantitative estimate of drug-likeness (QED) is 0.429. The lowest BCUT2D eigenvalue weighted by atomic mass is 10.4. The van der Waals surface area contributed by atoms with Crippen LogP contribution < -0.4 is 0 Å². The van der Waals surface area contributed by atoms with Crippen molar-refractivity contribution in [2.45, 2.75) is 34.1 Å². The Bertz CT molecular complexity index is 196. The fourth-order valence-electron chi connectivity index (χ4n) is 0.656. The van der Waals surface area contributed by atoms with Gasteiger partial charge >= 0.3 is 0 Å². The van der Waals surface area contributed by atoms with Gasteiger partial charge < -0.3 is 0 Å². The van der Waals surface area contributed by atoms with Gasteiger partial charge in [-0.15, -0.1) is 0 Å². The Kier molecular flexibility index (Phi) is 4.42. The SMILES string of the molecule is C=C(CC)N=C(C)N=C(C)C. The third-order valence-corrected chi connectivity index (χ3v) is 1.11. The van der Waals surface area contributed by atoms with Crippen LogP contribution in [0.1, 0.15) is 34.1 Å². The molecule has 0 rings (SSSR count). The minimum Gasteiger partial charge on any atom is -0.243 e. The van der Waals surface area contributed by atoms with Crippen molar-refractivity contribution in [2.24, 2.45) is 9.98 Å². The summed E-state index contributed by atoms with van der Waals surface area (Å²) in [5, 5.41) is 0. The summed E-state index contributed by atoms with van der Waals surface area (Å²) in [5.74, 6) is 0.789. The van der Waals surface area contributed by atoms with Crippen LogP contribution in [0.4, 0.5) is 0 Å². The van der Waals surface area contributed by atoms with Gasteiger partial charge in [0.1, 0.15) is 5.84 Å². The van der Waals surface area contributed by atoms with E-state index >= 15 is 0 Å². The maximum atomic E-state index is 4.17. The summed E-state index contributed by atoms with van der Waals surface area (Å²) in [6.07, 6.45) is 0.885. The van der Waals surface area contributed by atoms with Gasteiger partial charge in [0.15, 0.2) is 0 Å². The van der Waals surface area contributed by atoms with E-state index in [-0.39, 0.29) is 0 Å². The van der Waals surface area contributed by atoms with E-state index < -0.39 is 0 Å². The summed E-state index contributed by atoms with van der Waals surface area (Å²) >= 11 is 0. The zero-order chi connectivity index (χ0) is 8.85. The lowest BCUT2D eigenvalue weighted by molar-refractivity contribution is 1.07. The topological polar surface area (TPSA) is 24.7 Å². The van der Waals surface area contributed by atoms with Gasteiger partial charge in [0.25, 0.3) is 0 Å². The first-order chi connectivity index (χ1) is 5.06. The molecular weight excluding hydrogens is 136 g/mol. The molecule has 0 bridgehead atoms. The van der Waals surface area contributed by atoms with E-state index in [9.17, 15) is 0 Å². The van der Waals surface area contributed by atoms with Gasteiger partial charge in [0.05, 0.1) is 0 Å². The van der Waals surface area contributed by atoms with Crippen LogP contribution in [0.25, 0.3) is 0 Å². The van der Waals surface area contributed by atoms with Crippen LogP contribution >= 0.6 is 0 Å². The number of allylic oxidation sites excluding steroid dienone is 1. The van der Waals surface area contributed by atoms with E-state index in [4.69, 9.17) is 0 Å². The smallest absolute Gasteiger partial charge is 0.125 e. The number of nitrogens with zero attached hydrogens (tertiary/aromatic N) is 2. The van der Waals surface area contributed by atoms with Gasteiger partial charge in [-0.2, -0.15) is 0 Å². The lowest BCUT2D eigenvalue weighted by Crippen LogP contribution is -1.91. The third-order valence-electron chi connectivity index (χ3n) is 1.11. The Morgan fingerprint density at radius 3 is 2.09 bits per heavy atom. The largest absolute Gasteiger partial charge is 0.243 e. The Balaban J connectivity index is 4.23. The zero-order valence-corrected chi connectivity index (χ0v) is 7.81. The van der Waals surface area contributed by atoms with Gasteiger partial charge in [-0.3, -0.25) is 0 Å². The van der Waals surface area contributed by atoms with Gasteiger partial charge in [-0.25, -0.2) is 9.98 Å². The average molecular weight is 152 g/mol. The molecule has 0 atom stereocenters. The maximum Gasteiger partial charge on any atom is 0.125 e. The molecule has 0 spiro atoms. The molecule has 11 heavy (non-hydrogen) atoms. The van der Waals surface area contributed by atoms with Crippen LogP contribution in [0.3, 0.4) is 0 Å². The van der Waals surface area contributed by atoms with Gasteiger partial charge in [0, 0.05) is 11.4 Å².